The number of halogens is 2. The van der Waals surface area contributed by atoms with Crippen LogP contribution in [0.3, 0.4) is 0 Å². The second kappa shape index (κ2) is 7.94. The Morgan fingerprint density at radius 2 is 1.78 bits per heavy atom. The van der Waals surface area contributed by atoms with Crippen LogP contribution in [0.25, 0.3) is 22.2 Å². The summed E-state index contributed by atoms with van der Waals surface area (Å²) in [6.07, 6.45) is 4.13. The number of carbonyl (C=O) groups excluding carboxylic acids is 1. The van der Waals surface area contributed by atoms with Gasteiger partial charge in [0.2, 0.25) is 0 Å². The van der Waals surface area contributed by atoms with Crippen molar-refractivity contribution in [3.05, 3.63) is 47.5 Å². The molecule has 0 amide bonds. The van der Waals surface area contributed by atoms with Gasteiger partial charge in [0.25, 0.3) is 0 Å². The smallest absolute Gasteiger partial charge is 0.162 e. The monoisotopic (exact) mass is 371 g/mol. The maximum atomic E-state index is 14.5. The van der Waals surface area contributed by atoms with E-state index in [4.69, 9.17) is 0 Å². The van der Waals surface area contributed by atoms with Crippen LogP contribution in [0.5, 0.6) is 0 Å². The largest absolute Gasteiger partial charge is 0.294 e. The van der Waals surface area contributed by atoms with Gasteiger partial charge in [-0.15, -0.1) is 5.10 Å². The van der Waals surface area contributed by atoms with E-state index >= 15 is 0 Å². The Kier molecular flexibility index (Phi) is 5.63. The molecule has 6 heteroatoms. The second-order valence-corrected chi connectivity index (χ2v) is 6.84. The quantitative estimate of drug-likeness (QED) is 0.499. The van der Waals surface area contributed by atoms with Crippen molar-refractivity contribution in [3.63, 3.8) is 0 Å². The first kappa shape index (κ1) is 19.1. The van der Waals surface area contributed by atoms with Crippen LogP contribution in [-0.2, 0) is 0 Å². The molecule has 0 aliphatic carbocycles. The predicted molar refractivity (Wildman–Crippen MR) is 102 cm³/mol. The predicted octanol–water partition coefficient (Wildman–Crippen LogP) is 5.72. The Morgan fingerprint density at radius 1 is 1.07 bits per heavy atom. The fourth-order valence-electron chi connectivity index (χ4n) is 3.47. The van der Waals surface area contributed by atoms with Crippen LogP contribution in [0.2, 0.25) is 0 Å². The van der Waals surface area contributed by atoms with Gasteiger partial charge in [-0.3, -0.25) is 4.79 Å². The van der Waals surface area contributed by atoms with Crippen molar-refractivity contribution in [2.24, 2.45) is 0 Å². The van der Waals surface area contributed by atoms with Crippen LogP contribution in [-0.4, -0.2) is 20.8 Å². The SMILES string of the molecule is CCCC(CCC)n1nnc2cc(-c3cc(F)c(C(C)=O)cc3F)ccc21. The van der Waals surface area contributed by atoms with E-state index in [1.807, 2.05) is 10.7 Å². The van der Waals surface area contributed by atoms with Crippen molar-refractivity contribution in [2.45, 2.75) is 52.5 Å². The molecule has 142 valence electrons. The zero-order chi connectivity index (χ0) is 19.6. The highest BCUT2D eigenvalue weighted by atomic mass is 19.1. The molecule has 27 heavy (non-hydrogen) atoms. The number of ketones is 1. The van der Waals surface area contributed by atoms with Crippen molar-refractivity contribution < 1.29 is 13.6 Å². The summed E-state index contributed by atoms with van der Waals surface area (Å²) in [7, 11) is 0. The minimum atomic E-state index is -0.728. The standard InChI is InChI=1S/C21H23F2N3O/c1-4-6-15(7-5-2)26-21-9-8-14(10-20(21)24-25-26)17-12-18(22)16(13(3)27)11-19(17)23/h8-12,15H,4-7H2,1-3H3. The normalized spacial score (nSPS) is 11.5. The van der Waals surface area contributed by atoms with Crippen molar-refractivity contribution >= 4 is 16.8 Å². The molecule has 0 atom stereocenters. The van der Waals surface area contributed by atoms with Crippen molar-refractivity contribution in [3.8, 4) is 11.1 Å². The summed E-state index contributed by atoms with van der Waals surface area (Å²) in [5.41, 5.74) is 1.88. The first-order chi connectivity index (χ1) is 13.0. The molecule has 2 aromatic carbocycles. The fourth-order valence-corrected chi connectivity index (χ4v) is 3.47. The van der Waals surface area contributed by atoms with Gasteiger partial charge < -0.3 is 0 Å². The Labute approximate surface area is 157 Å². The first-order valence-electron chi connectivity index (χ1n) is 9.31. The number of hydrogen-bond donors (Lipinski definition) is 0. The van der Waals surface area contributed by atoms with E-state index in [2.05, 4.69) is 24.2 Å². The lowest BCUT2D eigenvalue weighted by Gasteiger charge is -2.16. The number of rotatable bonds is 7. The van der Waals surface area contributed by atoms with Crippen LogP contribution >= 0.6 is 0 Å². The molecule has 0 bridgehead atoms. The number of Topliss-reactive ketones (excluding diaryl/α,β-unsaturated/α-hetero) is 1. The van der Waals surface area contributed by atoms with Gasteiger partial charge in [-0.25, -0.2) is 13.5 Å². The Bertz CT molecular complexity index is 975. The molecule has 3 aromatic rings. The van der Waals surface area contributed by atoms with Crippen molar-refractivity contribution in [2.75, 3.05) is 0 Å². The number of hydrogen-bond acceptors (Lipinski definition) is 3. The lowest BCUT2D eigenvalue weighted by molar-refractivity contribution is 0.101. The summed E-state index contributed by atoms with van der Waals surface area (Å²) in [5.74, 6) is -1.87. The van der Waals surface area contributed by atoms with Crippen LogP contribution in [0.1, 0.15) is 62.9 Å². The molecule has 0 spiro atoms. The van der Waals surface area contributed by atoms with Crippen LogP contribution in [0, 0.1) is 11.6 Å². The van der Waals surface area contributed by atoms with Gasteiger partial charge in [0.15, 0.2) is 5.78 Å². The Hall–Kier alpha value is -2.63. The Balaban J connectivity index is 2.04. The molecule has 0 unspecified atom stereocenters. The summed E-state index contributed by atoms with van der Waals surface area (Å²) in [6, 6.07) is 7.59. The topological polar surface area (TPSA) is 47.8 Å². The van der Waals surface area contributed by atoms with Gasteiger partial charge in [0.05, 0.1) is 17.1 Å². The summed E-state index contributed by atoms with van der Waals surface area (Å²) in [6.45, 7) is 5.49. The molecule has 0 saturated carbocycles. The lowest BCUT2D eigenvalue weighted by Crippen LogP contribution is -2.10. The van der Waals surface area contributed by atoms with Gasteiger partial charge in [-0.1, -0.05) is 38.0 Å². The molecule has 0 radical (unpaired) electrons. The summed E-state index contributed by atoms with van der Waals surface area (Å²) in [4.78, 5) is 11.4. The van der Waals surface area contributed by atoms with Gasteiger partial charge in [-0.2, -0.15) is 0 Å². The molecular weight excluding hydrogens is 348 g/mol. The highest BCUT2D eigenvalue weighted by Gasteiger charge is 2.17. The first-order valence-corrected chi connectivity index (χ1v) is 9.31. The van der Waals surface area contributed by atoms with E-state index < -0.39 is 17.4 Å². The van der Waals surface area contributed by atoms with Crippen LogP contribution in [0.4, 0.5) is 8.78 Å². The van der Waals surface area contributed by atoms with E-state index in [1.165, 1.54) is 6.92 Å². The van der Waals surface area contributed by atoms with Crippen LogP contribution in [0.15, 0.2) is 30.3 Å². The van der Waals surface area contributed by atoms with E-state index in [-0.39, 0.29) is 17.2 Å². The minimum Gasteiger partial charge on any atom is -0.294 e. The fraction of sp³-hybridized carbons (Fsp3) is 0.381. The van der Waals surface area contributed by atoms with Gasteiger partial charge in [0, 0.05) is 5.56 Å². The van der Waals surface area contributed by atoms with Crippen LogP contribution < -0.4 is 0 Å². The third-order valence-electron chi connectivity index (χ3n) is 4.81. The summed E-state index contributed by atoms with van der Waals surface area (Å²) < 4.78 is 30.5. The average Bonchev–Trinajstić information content (AvgIpc) is 3.06. The van der Waals surface area contributed by atoms with Gasteiger partial charge >= 0.3 is 0 Å². The number of fused-ring (bicyclic) bond motifs is 1. The molecule has 0 saturated heterocycles. The van der Waals surface area contributed by atoms with E-state index in [9.17, 15) is 13.6 Å². The van der Waals surface area contributed by atoms with Gasteiger partial charge in [0.1, 0.15) is 17.2 Å². The molecule has 4 nitrogen and oxygen atoms in total. The maximum Gasteiger partial charge on any atom is 0.162 e. The van der Waals surface area contributed by atoms with E-state index in [0.717, 1.165) is 43.3 Å². The molecule has 0 aliphatic rings. The highest BCUT2D eigenvalue weighted by Crippen LogP contribution is 2.30. The van der Waals surface area contributed by atoms with E-state index in [1.54, 1.807) is 12.1 Å². The van der Waals surface area contributed by atoms with Crippen molar-refractivity contribution in [1.82, 2.24) is 15.0 Å². The highest BCUT2D eigenvalue weighted by molar-refractivity contribution is 5.95. The molecule has 0 fully saturated rings. The van der Waals surface area contributed by atoms with E-state index in [0.29, 0.717) is 11.1 Å². The summed E-state index contributed by atoms with van der Waals surface area (Å²) in [5, 5.41) is 8.53. The second-order valence-electron chi connectivity index (χ2n) is 6.84. The third-order valence-corrected chi connectivity index (χ3v) is 4.81. The third kappa shape index (κ3) is 3.75. The zero-order valence-corrected chi connectivity index (χ0v) is 15.8. The molecule has 1 aromatic heterocycles. The summed E-state index contributed by atoms with van der Waals surface area (Å²) >= 11 is 0. The number of carbonyl (C=O) groups is 1. The number of benzene rings is 2. The molecular formula is C21H23F2N3O. The lowest BCUT2D eigenvalue weighted by atomic mass is 10.0. The molecule has 0 N–H and O–H groups in total. The minimum absolute atomic E-state index is 0.104. The maximum absolute atomic E-state index is 14.5. The Morgan fingerprint density at radius 3 is 2.41 bits per heavy atom. The van der Waals surface area contributed by atoms with Crippen molar-refractivity contribution in [1.29, 1.82) is 0 Å². The molecule has 0 aliphatic heterocycles. The molecule has 3 rings (SSSR count). The molecule has 1 heterocycles. The van der Waals surface area contributed by atoms with Gasteiger partial charge in [-0.05, 0) is 49.6 Å². The zero-order valence-electron chi connectivity index (χ0n) is 15.8. The average molecular weight is 371 g/mol. The number of aromatic nitrogens is 3. The number of nitrogens with zero attached hydrogens (tertiary/aromatic N) is 3.